The first-order valence-corrected chi connectivity index (χ1v) is 5.78. The van der Waals surface area contributed by atoms with Crippen LogP contribution >= 0.6 is 0 Å². The second-order valence-corrected chi connectivity index (χ2v) is 4.67. The monoisotopic (exact) mass is 247 g/mol. The van der Waals surface area contributed by atoms with E-state index in [0.717, 1.165) is 0 Å². The second kappa shape index (κ2) is 4.86. The average molecular weight is 247 g/mol. The molecular formula is C15H15F2N. The zero-order chi connectivity index (χ0) is 13.2. The lowest BCUT2D eigenvalue weighted by atomic mass is 9.86. The van der Waals surface area contributed by atoms with Crippen LogP contribution in [0.5, 0.6) is 0 Å². The van der Waals surface area contributed by atoms with E-state index in [1.165, 1.54) is 12.1 Å². The van der Waals surface area contributed by atoms with Crippen molar-refractivity contribution >= 4 is 0 Å². The normalized spacial score (nSPS) is 14.2. The highest BCUT2D eigenvalue weighted by Gasteiger charge is 2.25. The Morgan fingerprint density at radius 2 is 1.50 bits per heavy atom. The van der Waals surface area contributed by atoms with Crippen molar-refractivity contribution in [3.63, 3.8) is 0 Å². The SMILES string of the molecule is CC(N)(Cc1ccccc1F)c1ccccc1F. The quantitative estimate of drug-likeness (QED) is 0.884. The maximum Gasteiger partial charge on any atom is 0.128 e. The van der Waals surface area contributed by atoms with Gasteiger partial charge in [-0.05, 0) is 31.0 Å². The van der Waals surface area contributed by atoms with Crippen LogP contribution in [-0.4, -0.2) is 0 Å². The number of hydrogen-bond acceptors (Lipinski definition) is 1. The predicted octanol–water partition coefficient (Wildman–Crippen LogP) is 3.38. The van der Waals surface area contributed by atoms with E-state index in [0.29, 0.717) is 11.1 Å². The molecule has 0 radical (unpaired) electrons. The van der Waals surface area contributed by atoms with Crippen LogP contribution in [0.15, 0.2) is 48.5 Å². The number of nitrogens with two attached hydrogens (primary N) is 1. The Balaban J connectivity index is 2.33. The molecular weight excluding hydrogens is 232 g/mol. The second-order valence-electron chi connectivity index (χ2n) is 4.67. The summed E-state index contributed by atoms with van der Waals surface area (Å²) in [5.74, 6) is -0.677. The van der Waals surface area contributed by atoms with E-state index in [9.17, 15) is 8.78 Å². The van der Waals surface area contributed by atoms with Crippen LogP contribution in [-0.2, 0) is 12.0 Å². The van der Waals surface area contributed by atoms with Crippen molar-refractivity contribution in [3.8, 4) is 0 Å². The first kappa shape index (κ1) is 12.7. The Labute approximate surface area is 105 Å². The Morgan fingerprint density at radius 3 is 2.11 bits per heavy atom. The van der Waals surface area contributed by atoms with Crippen molar-refractivity contribution in [2.24, 2.45) is 5.73 Å². The number of hydrogen-bond donors (Lipinski definition) is 1. The van der Waals surface area contributed by atoms with Gasteiger partial charge >= 0.3 is 0 Å². The molecule has 0 heterocycles. The number of rotatable bonds is 3. The first-order chi connectivity index (χ1) is 8.50. The van der Waals surface area contributed by atoms with Crippen molar-refractivity contribution in [2.45, 2.75) is 18.9 Å². The Morgan fingerprint density at radius 1 is 0.944 bits per heavy atom. The van der Waals surface area contributed by atoms with Gasteiger partial charge in [-0.25, -0.2) is 8.78 Å². The lowest BCUT2D eigenvalue weighted by Crippen LogP contribution is -2.36. The summed E-state index contributed by atoms with van der Waals surface area (Å²) in [4.78, 5) is 0. The van der Waals surface area contributed by atoms with E-state index in [1.807, 2.05) is 0 Å². The standard InChI is InChI=1S/C15H15F2N/c1-15(18,12-7-3-5-9-14(12)17)10-11-6-2-4-8-13(11)16/h2-9H,10,18H2,1H3. The van der Waals surface area contributed by atoms with E-state index in [-0.39, 0.29) is 18.1 Å². The molecule has 94 valence electrons. The molecule has 1 atom stereocenters. The third kappa shape index (κ3) is 2.57. The highest BCUT2D eigenvalue weighted by molar-refractivity contribution is 5.29. The van der Waals surface area contributed by atoms with Gasteiger partial charge in [-0.3, -0.25) is 0 Å². The summed E-state index contributed by atoms with van der Waals surface area (Å²) < 4.78 is 27.3. The fourth-order valence-corrected chi connectivity index (χ4v) is 2.06. The van der Waals surface area contributed by atoms with E-state index >= 15 is 0 Å². The van der Waals surface area contributed by atoms with E-state index in [4.69, 9.17) is 5.73 Å². The third-order valence-corrected chi connectivity index (χ3v) is 3.00. The van der Waals surface area contributed by atoms with Gasteiger partial charge in [-0.1, -0.05) is 36.4 Å². The average Bonchev–Trinajstić information content (AvgIpc) is 2.32. The van der Waals surface area contributed by atoms with Gasteiger partial charge in [0.1, 0.15) is 11.6 Å². The molecule has 2 N–H and O–H groups in total. The van der Waals surface area contributed by atoms with Gasteiger partial charge in [0.05, 0.1) is 0 Å². The minimum atomic E-state index is -0.937. The van der Waals surface area contributed by atoms with Crippen LogP contribution in [0.2, 0.25) is 0 Å². The fourth-order valence-electron chi connectivity index (χ4n) is 2.06. The van der Waals surface area contributed by atoms with Gasteiger partial charge in [-0.2, -0.15) is 0 Å². The largest absolute Gasteiger partial charge is 0.321 e. The molecule has 0 aliphatic carbocycles. The molecule has 0 spiro atoms. The summed E-state index contributed by atoms with van der Waals surface area (Å²) in [5.41, 5.74) is 6.08. The Kier molecular flexibility index (Phi) is 3.43. The highest BCUT2D eigenvalue weighted by Crippen LogP contribution is 2.25. The fraction of sp³-hybridized carbons (Fsp3) is 0.200. The molecule has 0 aliphatic heterocycles. The molecule has 0 fully saturated rings. The smallest absolute Gasteiger partial charge is 0.128 e. The van der Waals surface area contributed by atoms with Crippen molar-refractivity contribution in [1.82, 2.24) is 0 Å². The predicted molar refractivity (Wildman–Crippen MR) is 68.0 cm³/mol. The van der Waals surface area contributed by atoms with E-state index in [2.05, 4.69) is 0 Å². The number of benzene rings is 2. The van der Waals surface area contributed by atoms with Gasteiger partial charge in [-0.15, -0.1) is 0 Å². The molecule has 0 aliphatic rings. The van der Waals surface area contributed by atoms with E-state index < -0.39 is 5.54 Å². The molecule has 0 saturated heterocycles. The molecule has 18 heavy (non-hydrogen) atoms. The zero-order valence-electron chi connectivity index (χ0n) is 10.2. The van der Waals surface area contributed by atoms with Crippen molar-refractivity contribution in [1.29, 1.82) is 0 Å². The maximum atomic E-state index is 13.7. The van der Waals surface area contributed by atoms with Crippen LogP contribution < -0.4 is 5.73 Å². The summed E-state index contributed by atoms with van der Waals surface area (Å²) in [6, 6.07) is 12.8. The lowest BCUT2D eigenvalue weighted by Gasteiger charge is -2.26. The summed E-state index contributed by atoms with van der Waals surface area (Å²) in [6.45, 7) is 1.71. The Hall–Kier alpha value is -1.74. The molecule has 1 unspecified atom stereocenters. The van der Waals surface area contributed by atoms with Crippen LogP contribution in [0.25, 0.3) is 0 Å². The van der Waals surface area contributed by atoms with Crippen LogP contribution in [0.4, 0.5) is 8.78 Å². The van der Waals surface area contributed by atoms with Gasteiger partial charge in [0.15, 0.2) is 0 Å². The molecule has 0 saturated carbocycles. The van der Waals surface area contributed by atoms with Gasteiger partial charge in [0, 0.05) is 11.1 Å². The van der Waals surface area contributed by atoms with Gasteiger partial charge in [0.25, 0.3) is 0 Å². The molecule has 2 aromatic carbocycles. The lowest BCUT2D eigenvalue weighted by molar-refractivity contribution is 0.447. The maximum absolute atomic E-state index is 13.7. The summed E-state index contributed by atoms with van der Waals surface area (Å²) >= 11 is 0. The van der Waals surface area contributed by atoms with Crippen molar-refractivity contribution in [2.75, 3.05) is 0 Å². The molecule has 0 bridgehead atoms. The first-order valence-electron chi connectivity index (χ1n) is 5.78. The van der Waals surface area contributed by atoms with Crippen LogP contribution in [0, 0.1) is 11.6 Å². The summed E-state index contributed by atoms with van der Waals surface area (Å²) in [5, 5.41) is 0. The highest BCUT2D eigenvalue weighted by atomic mass is 19.1. The summed E-state index contributed by atoms with van der Waals surface area (Å²) in [6.07, 6.45) is 0.251. The third-order valence-electron chi connectivity index (χ3n) is 3.00. The van der Waals surface area contributed by atoms with Gasteiger partial charge < -0.3 is 5.73 Å². The molecule has 0 aromatic heterocycles. The minimum Gasteiger partial charge on any atom is -0.321 e. The molecule has 3 heteroatoms. The van der Waals surface area contributed by atoms with Gasteiger partial charge in [0.2, 0.25) is 0 Å². The van der Waals surface area contributed by atoms with Crippen molar-refractivity contribution in [3.05, 3.63) is 71.3 Å². The molecule has 0 amide bonds. The topological polar surface area (TPSA) is 26.0 Å². The van der Waals surface area contributed by atoms with Crippen LogP contribution in [0.3, 0.4) is 0 Å². The Bertz CT molecular complexity index is 550. The molecule has 2 aromatic rings. The number of halogens is 2. The minimum absolute atomic E-state index is 0.251. The molecule has 2 rings (SSSR count). The van der Waals surface area contributed by atoms with Crippen LogP contribution in [0.1, 0.15) is 18.1 Å². The van der Waals surface area contributed by atoms with Crippen molar-refractivity contribution < 1.29 is 8.78 Å². The molecule has 1 nitrogen and oxygen atoms in total. The van der Waals surface area contributed by atoms with E-state index in [1.54, 1.807) is 43.3 Å². The summed E-state index contributed by atoms with van der Waals surface area (Å²) in [7, 11) is 0. The zero-order valence-corrected chi connectivity index (χ0v) is 10.2.